The van der Waals surface area contributed by atoms with E-state index in [0.717, 1.165) is 11.8 Å². The van der Waals surface area contributed by atoms with E-state index in [4.69, 9.17) is 16.0 Å². The van der Waals surface area contributed by atoms with Gasteiger partial charge in [-0.05, 0) is 48.5 Å². The molecule has 0 N–H and O–H groups in total. The molecule has 3 aromatic rings. The fourth-order valence-corrected chi connectivity index (χ4v) is 5.34. The van der Waals surface area contributed by atoms with E-state index >= 15 is 0 Å². The molecule has 1 saturated heterocycles. The number of carbonyl (C=O) groups excluding carboxylic acids is 1. The van der Waals surface area contributed by atoms with Gasteiger partial charge >= 0.3 is 0 Å². The molecule has 0 spiro atoms. The summed E-state index contributed by atoms with van der Waals surface area (Å²) in [5, 5.41) is 8.50. The SMILES string of the molecule is O=C(CSc1nnc(-c2ccc(F)cc2)o1)N1CCN(S(=O)(=O)c2ccc(Cl)cc2)CC1. The number of hydrogen-bond donors (Lipinski definition) is 0. The summed E-state index contributed by atoms with van der Waals surface area (Å²) in [7, 11) is -3.63. The molecule has 1 aromatic heterocycles. The molecule has 0 aliphatic carbocycles. The van der Waals surface area contributed by atoms with Gasteiger partial charge in [-0.25, -0.2) is 12.8 Å². The number of aromatic nitrogens is 2. The van der Waals surface area contributed by atoms with Gasteiger partial charge in [0.05, 0.1) is 10.6 Å². The van der Waals surface area contributed by atoms with E-state index in [1.807, 2.05) is 0 Å². The van der Waals surface area contributed by atoms with Crippen molar-refractivity contribution >= 4 is 39.3 Å². The van der Waals surface area contributed by atoms with E-state index in [0.29, 0.717) is 10.6 Å². The maximum Gasteiger partial charge on any atom is 0.277 e. The Morgan fingerprint density at radius 1 is 1.03 bits per heavy atom. The average Bonchev–Trinajstić information content (AvgIpc) is 3.27. The van der Waals surface area contributed by atoms with Crippen LogP contribution >= 0.6 is 23.4 Å². The third kappa shape index (κ3) is 5.12. The molecule has 4 rings (SSSR count). The number of halogens is 2. The first-order chi connectivity index (χ1) is 15.3. The Labute approximate surface area is 193 Å². The highest BCUT2D eigenvalue weighted by Gasteiger charge is 2.30. The fraction of sp³-hybridized carbons (Fsp3) is 0.250. The van der Waals surface area contributed by atoms with Crippen LogP contribution in [0, 0.1) is 5.82 Å². The van der Waals surface area contributed by atoms with Crippen molar-refractivity contribution in [1.29, 1.82) is 0 Å². The molecule has 1 amide bonds. The highest BCUT2D eigenvalue weighted by molar-refractivity contribution is 7.99. The van der Waals surface area contributed by atoms with Gasteiger partial charge in [-0.1, -0.05) is 23.4 Å². The lowest BCUT2D eigenvalue weighted by atomic mass is 10.2. The van der Waals surface area contributed by atoms with Crippen LogP contribution in [0.4, 0.5) is 4.39 Å². The summed E-state index contributed by atoms with van der Waals surface area (Å²) in [6.45, 7) is 0.987. The Morgan fingerprint density at radius 3 is 2.34 bits per heavy atom. The zero-order valence-electron chi connectivity index (χ0n) is 16.6. The average molecular weight is 497 g/mol. The fourth-order valence-electron chi connectivity index (χ4n) is 3.13. The maximum atomic E-state index is 13.0. The van der Waals surface area contributed by atoms with Gasteiger partial charge < -0.3 is 9.32 Å². The molecular formula is C20H18ClFN4O4S2. The van der Waals surface area contributed by atoms with Gasteiger partial charge in [-0.2, -0.15) is 4.31 Å². The predicted octanol–water partition coefficient (Wildman–Crippen LogP) is 3.15. The largest absolute Gasteiger partial charge is 0.411 e. The van der Waals surface area contributed by atoms with Gasteiger partial charge in [-0.3, -0.25) is 4.79 Å². The number of carbonyl (C=O) groups is 1. The molecule has 2 heterocycles. The lowest BCUT2D eigenvalue weighted by Gasteiger charge is -2.33. The zero-order valence-corrected chi connectivity index (χ0v) is 19.0. The van der Waals surface area contributed by atoms with Crippen molar-refractivity contribution in [3.05, 3.63) is 59.4 Å². The molecule has 1 aliphatic rings. The molecule has 32 heavy (non-hydrogen) atoms. The van der Waals surface area contributed by atoms with Gasteiger partial charge in [0.25, 0.3) is 5.22 Å². The highest BCUT2D eigenvalue weighted by Crippen LogP contribution is 2.24. The topological polar surface area (TPSA) is 96.6 Å². The van der Waals surface area contributed by atoms with Crippen LogP contribution in [0.1, 0.15) is 0 Å². The number of sulfonamides is 1. The molecule has 1 aliphatic heterocycles. The number of piperazine rings is 1. The molecule has 0 saturated carbocycles. The third-order valence-electron chi connectivity index (χ3n) is 4.86. The van der Waals surface area contributed by atoms with Crippen molar-refractivity contribution < 1.29 is 22.0 Å². The normalized spacial score (nSPS) is 15.1. The molecule has 0 atom stereocenters. The number of benzene rings is 2. The molecular weight excluding hydrogens is 479 g/mol. The minimum atomic E-state index is -3.63. The van der Waals surface area contributed by atoms with Crippen molar-refractivity contribution in [3.8, 4) is 11.5 Å². The van der Waals surface area contributed by atoms with Crippen LogP contribution in [0.25, 0.3) is 11.5 Å². The van der Waals surface area contributed by atoms with Gasteiger partial charge in [0.1, 0.15) is 5.82 Å². The number of rotatable bonds is 6. The summed E-state index contributed by atoms with van der Waals surface area (Å²) in [6.07, 6.45) is 0. The van der Waals surface area contributed by atoms with Crippen LogP contribution in [0.15, 0.2) is 63.1 Å². The van der Waals surface area contributed by atoms with Crippen LogP contribution in [-0.4, -0.2) is 65.7 Å². The second-order valence-corrected chi connectivity index (χ2v) is 10.2. The minimum Gasteiger partial charge on any atom is -0.411 e. The number of nitrogens with zero attached hydrogens (tertiary/aromatic N) is 4. The maximum absolute atomic E-state index is 13.0. The number of thioether (sulfide) groups is 1. The van der Waals surface area contributed by atoms with E-state index in [2.05, 4.69) is 10.2 Å². The van der Waals surface area contributed by atoms with Gasteiger partial charge in [0.2, 0.25) is 21.8 Å². The van der Waals surface area contributed by atoms with E-state index in [1.54, 1.807) is 4.90 Å². The summed E-state index contributed by atoms with van der Waals surface area (Å²) < 4.78 is 45.4. The predicted molar refractivity (Wildman–Crippen MR) is 117 cm³/mol. The number of amides is 1. The summed E-state index contributed by atoms with van der Waals surface area (Å²) in [4.78, 5) is 14.3. The standard InChI is InChI=1S/C20H18ClFN4O4S2/c21-15-3-7-17(8-4-15)32(28,29)26-11-9-25(10-12-26)18(27)13-31-20-24-23-19(30-20)14-1-5-16(22)6-2-14/h1-8H,9-13H2. The van der Waals surface area contributed by atoms with E-state index in [1.165, 1.54) is 52.8 Å². The molecule has 0 unspecified atom stereocenters. The van der Waals surface area contributed by atoms with Crippen molar-refractivity contribution in [3.63, 3.8) is 0 Å². The summed E-state index contributed by atoms with van der Waals surface area (Å²) in [5.41, 5.74) is 0.579. The van der Waals surface area contributed by atoms with Crippen molar-refractivity contribution in [1.82, 2.24) is 19.4 Å². The van der Waals surface area contributed by atoms with Gasteiger partial charge in [-0.15, -0.1) is 10.2 Å². The Morgan fingerprint density at radius 2 is 1.69 bits per heavy atom. The molecule has 1 fully saturated rings. The smallest absolute Gasteiger partial charge is 0.277 e. The summed E-state index contributed by atoms with van der Waals surface area (Å²) in [5.74, 6) is -0.204. The van der Waals surface area contributed by atoms with Crippen LogP contribution in [0.3, 0.4) is 0 Å². The zero-order chi connectivity index (χ0) is 22.7. The Balaban J connectivity index is 1.29. The second-order valence-electron chi connectivity index (χ2n) is 6.91. The molecule has 168 valence electrons. The molecule has 12 heteroatoms. The Kier molecular flexibility index (Phi) is 6.79. The van der Waals surface area contributed by atoms with Crippen LogP contribution < -0.4 is 0 Å². The Hall–Kier alpha value is -2.47. The lowest BCUT2D eigenvalue weighted by molar-refractivity contribution is -0.129. The highest BCUT2D eigenvalue weighted by atomic mass is 35.5. The minimum absolute atomic E-state index is 0.0784. The summed E-state index contributed by atoms with van der Waals surface area (Å²) >= 11 is 6.93. The van der Waals surface area contributed by atoms with E-state index in [-0.39, 0.29) is 59.7 Å². The summed E-state index contributed by atoms with van der Waals surface area (Å²) in [6, 6.07) is 11.6. The van der Waals surface area contributed by atoms with Gasteiger partial charge in [0, 0.05) is 36.8 Å². The van der Waals surface area contributed by atoms with E-state index < -0.39 is 10.0 Å². The van der Waals surface area contributed by atoms with Crippen molar-refractivity contribution in [2.24, 2.45) is 0 Å². The monoisotopic (exact) mass is 496 g/mol. The van der Waals surface area contributed by atoms with Crippen LogP contribution in [0.2, 0.25) is 5.02 Å². The van der Waals surface area contributed by atoms with E-state index in [9.17, 15) is 17.6 Å². The first-order valence-electron chi connectivity index (χ1n) is 9.59. The lowest BCUT2D eigenvalue weighted by Crippen LogP contribution is -2.50. The van der Waals surface area contributed by atoms with Crippen molar-refractivity contribution in [2.45, 2.75) is 10.1 Å². The second kappa shape index (κ2) is 9.57. The Bertz CT molecular complexity index is 1200. The quantitative estimate of drug-likeness (QED) is 0.483. The van der Waals surface area contributed by atoms with Crippen LogP contribution in [0.5, 0.6) is 0 Å². The molecule has 0 radical (unpaired) electrons. The molecule has 0 bridgehead atoms. The third-order valence-corrected chi connectivity index (χ3v) is 7.83. The number of hydrogen-bond acceptors (Lipinski definition) is 7. The first kappa shape index (κ1) is 22.7. The van der Waals surface area contributed by atoms with Gasteiger partial charge in [0.15, 0.2) is 0 Å². The molecule has 2 aromatic carbocycles. The van der Waals surface area contributed by atoms with Crippen LogP contribution in [-0.2, 0) is 14.8 Å². The first-order valence-corrected chi connectivity index (χ1v) is 12.4. The molecule has 8 nitrogen and oxygen atoms in total. The van der Waals surface area contributed by atoms with Crippen molar-refractivity contribution in [2.75, 3.05) is 31.9 Å².